The average Bonchev–Trinajstić information content (AvgIpc) is 2.54. The molecule has 0 saturated carbocycles. The molecule has 0 aliphatic carbocycles. The van der Waals surface area contributed by atoms with Crippen molar-refractivity contribution in [2.45, 2.75) is 13.0 Å². The van der Waals surface area contributed by atoms with Crippen molar-refractivity contribution in [3.63, 3.8) is 0 Å². The number of hydrogen-bond donors (Lipinski definition) is 1. The molecule has 1 aromatic rings. The molecule has 0 aromatic heterocycles. The second kappa shape index (κ2) is 9.35. The molecule has 0 unspecified atom stereocenters. The Hall–Kier alpha value is -1.61. The van der Waals surface area contributed by atoms with E-state index in [1.54, 1.807) is 0 Å². The zero-order chi connectivity index (χ0) is 14.8. The Morgan fingerprint density at radius 3 is 3.00 bits per heavy atom. The van der Waals surface area contributed by atoms with Crippen LogP contribution in [0.2, 0.25) is 0 Å². The molecular weight excluding hydrogens is 266 g/mol. The minimum atomic E-state index is 0.0937. The maximum absolute atomic E-state index is 8.51. The molecular formula is C16H23N3O2. The number of benzene rings is 1. The van der Waals surface area contributed by atoms with Crippen LogP contribution in [0, 0.1) is 11.3 Å². The maximum atomic E-state index is 8.51. The van der Waals surface area contributed by atoms with Gasteiger partial charge in [0.2, 0.25) is 0 Å². The zero-order valence-electron chi connectivity index (χ0n) is 12.4. The first kappa shape index (κ1) is 15.8. The highest BCUT2D eigenvalue weighted by molar-refractivity contribution is 5.28. The highest BCUT2D eigenvalue weighted by Crippen LogP contribution is 2.12. The van der Waals surface area contributed by atoms with E-state index in [1.165, 1.54) is 5.56 Å². The summed E-state index contributed by atoms with van der Waals surface area (Å²) in [5.74, 6) is 0.754. The van der Waals surface area contributed by atoms with Crippen LogP contribution in [0.4, 0.5) is 0 Å². The maximum Gasteiger partial charge on any atom is 0.174 e. The molecule has 1 heterocycles. The van der Waals surface area contributed by atoms with E-state index in [2.05, 4.69) is 16.3 Å². The Labute approximate surface area is 126 Å². The summed E-state index contributed by atoms with van der Waals surface area (Å²) in [6.07, 6.45) is 1.14. The van der Waals surface area contributed by atoms with E-state index in [-0.39, 0.29) is 6.61 Å². The normalized spacial score (nSPS) is 15.6. The van der Waals surface area contributed by atoms with Crippen LogP contribution in [-0.4, -0.2) is 50.9 Å². The Morgan fingerprint density at radius 2 is 2.19 bits per heavy atom. The Bertz CT molecular complexity index is 453. The van der Waals surface area contributed by atoms with Crippen molar-refractivity contribution in [1.29, 1.82) is 5.26 Å². The lowest BCUT2D eigenvalue weighted by atomic mass is 10.2. The molecule has 1 aromatic carbocycles. The summed E-state index contributed by atoms with van der Waals surface area (Å²) in [7, 11) is 0. The highest BCUT2D eigenvalue weighted by Gasteiger charge is 2.08. The van der Waals surface area contributed by atoms with Crippen molar-refractivity contribution in [1.82, 2.24) is 10.2 Å². The molecule has 0 atom stereocenters. The Kier molecular flexibility index (Phi) is 7.02. The predicted octanol–water partition coefficient (Wildman–Crippen LogP) is 1.40. The summed E-state index contributed by atoms with van der Waals surface area (Å²) < 4.78 is 10.6. The quantitative estimate of drug-likeness (QED) is 0.733. The van der Waals surface area contributed by atoms with E-state index in [1.807, 2.05) is 24.3 Å². The van der Waals surface area contributed by atoms with E-state index >= 15 is 0 Å². The van der Waals surface area contributed by atoms with E-state index < -0.39 is 0 Å². The predicted molar refractivity (Wildman–Crippen MR) is 81.1 cm³/mol. The van der Waals surface area contributed by atoms with Gasteiger partial charge in [0.15, 0.2) is 6.61 Å². The fraction of sp³-hybridized carbons (Fsp3) is 0.562. The molecule has 0 amide bonds. The summed E-state index contributed by atoms with van der Waals surface area (Å²) >= 11 is 0. The van der Waals surface area contributed by atoms with Crippen molar-refractivity contribution in [3.05, 3.63) is 29.8 Å². The van der Waals surface area contributed by atoms with Crippen LogP contribution in [0.15, 0.2) is 24.3 Å². The van der Waals surface area contributed by atoms with Crippen molar-refractivity contribution in [2.75, 3.05) is 46.0 Å². The van der Waals surface area contributed by atoms with Gasteiger partial charge < -0.3 is 14.8 Å². The van der Waals surface area contributed by atoms with Gasteiger partial charge in [-0.2, -0.15) is 5.26 Å². The average molecular weight is 289 g/mol. The fourth-order valence-electron chi connectivity index (χ4n) is 2.35. The number of nitriles is 1. The van der Waals surface area contributed by atoms with Crippen LogP contribution < -0.4 is 10.1 Å². The van der Waals surface area contributed by atoms with Gasteiger partial charge in [-0.1, -0.05) is 12.1 Å². The topological polar surface area (TPSA) is 57.5 Å². The van der Waals surface area contributed by atoms with Crippen molar-refractivity contribution < 1.29 is 9.47 Å². The van der Waals surface area contributed by atoms with E-state index in [0.29, 0.717) is 0 Å². The summed E-state index contributed by atoms with van der Waals surface area (Å²) in [5.41, 5.74) is 1.18. The highest BCUT2D eigenvalue weighted by atomic mass is 16.5. The summed E-state index contributed by atoms with van der Waals surface area (Å²) in [5, 5.41) is 12.0. The van der Waals surface area contributed by atoms with Crippen molar-refractivity contribution in [2.24, 2.45) is 0 Å². The molecule has 1 aliphatic heterocycles. The largest absolute Gasteiger partial charge is 0.479 e. The molecule has 0 spiro atoms. The first-order valence-corrected chi connectivity index (χ1v) is 7.48. The number of morpholine rings is 1. The standard InChI is InChI=1S/C16H23N3O2/c17-5-10-21-16-4-1-3-15(13-16)14-18-6-2-7-19-8-11-20-12-9-19/h1,3-4,13,18H,2,6-12,14H2. The van der Waals surface area contributed by atoms with Gasteiger partial charge in [0, 0.05) is 19.6 Å². The van der Waals surface area contributed by atoms with Crippen molar-refractivity contribution in [3.8, 4) is 11.8 Å². The van der Waals surface area contributed by atoms with Gasteiger partial charge >= 0.3 is 0 Å². The van der Waals surface area contributed by atoms with Crippen LogP contribution in [0.3, 0.4) is 0 Å². The summed E-state index contributed by atoms with van der Waals surface area (Å²) in [6.45, 7) is 6.88. The number of nitrogens with one attached hydrogen (secondary N) is 1. The molecule has 5 heteroatoms. The van der Waals surface area contributed by atoms with Crippen LogP contribution >= 0.6 is 0 Å². The number of ether oxygens (including phenoxy) is 2. The summed E-state index contributed by atoms with van der Waals surface area (Å²) in [6, 6.07) is 9.85. The molecule has 21 heavy (non-hydrogen) atoms. The first-order valence-electron chi connectivity index (χ1n) is 7.48. The van der Waals surface area contributed by atoms with E-state index in [4.69, 9.17) is 14.7 Å². The molecule has 1 aliphatic rings. The Morgan fingerprint density at radius 1 is 1.33 bits per heavy atom. The minimum Gasteiger partial charge on any atom is -0.479 e. The van der Waals surface area contributed by atoms with Crippen LogP contribution in [-0.2, 0) is 11.3 Å². The van der Waals surface area contributed by atoms with Gasteiger partial charge in [0.25, 0.3) is 0 Å². The van der Waals surface area contributed by atoms with Gasteiger partial charge in [-0.25, -0.2) is 0 Å². The molecule has 1 fully saturated rings. The molecule has 5 nitrogen and oxygen atoms in total. The molecule has 1 saturated heterocycles. The fourth-order valence-corrected chi connectivity index (χ4v) is 2.35. The van der Waals surface area contributed by atoms with Crippen LogP contribution in [0.25, 0.3) is 0 Å². The smallest absolute Gasteiger partial charge is 0.174 e. The third-order valence-corrected chi connectivity index (χ3v) is 3.46. The number of nitrogens with zero attached hydrogens (tertiary/aromatic N) is 2. The van der Waals surface area contributed by atoms with Gasteiger partial charge in [0.05, 0.1) is 13.2 Å². The molecule has 1 N–H and O–H groups in total. The van der Waals surface area contributed by atoms with E-state index in [9.17, 15) is 0 Å². The molecule has 114 valence electrons. The SMILES string of the molecule is N#CCOc1cccc(CNCCCN2CCOCC2)c1. The lowest BCUT2D eigenvalue weighted by Gasteiger charge is -2.26. The third kappa shape index (κ3) is 6.13. The number of rotatable bonds is 8. The number of hydrogen-bond acceptors (Lipinski definition) is 5. The van der Waals surface area contributed by atoms with Gasteiger partial charge in [-0.15, -0.1) is 0 Å². The zero-order valence-corrected chi connectivity index (χ0v) is 12.4. The second-order valence-electron chi connectivity index (χ2n) is 5.08. The second-order valence-corrected chi connectivity index (χ2v) is 5.08. The van der Waals surface area contributed by atoms with Crippen LogP contribution in [0.1, 0.15) is 12.0 Å². The first-order chi connectivity index (χ1) is 10.4. The monoisotopic (exact) mass is 289 g/mol. The minimum absolute atomic E-state index is 0.0937. The lowest BCUT2D eigenvalue weighted by Crippen LogP contribution is -2.37. The lowest BCUT2D eigenvalue weighted by molar-refractivity contribution is 0.0374. The molecule has 0 radical (unpaired) electrons. The Balaban J connectivity index is 1.60. The third-order valence-electron chi connectivity index (χ3n) is 3.46. The van der Waals surface area contributed by atoms with Gasteiger partial charge in [-0.05, 0) is 37.2 Å². The van der Waals surface area contributed by atoms with Gasteiger partial charge in [-0.3, -0.25) is 4.90 Å². The van der Waals surface area contributed by atoms with Crippen molar-refractivity contribution >= 4 is 0 Å². The van der Waals surface area contributed by atoms with Gasteiger partial charge in [0.1, 0.15) is 11.8 Å². The summed E-state index contributed by atoms with van der Waals surface area (Å²) in [4.78, 5) is 2.45. The van der Waals surface area contributed by atoms with Crippen LogP contribution in [0.5, 0.6) is 5.75 Å². The molecule has 0 bridgehead atoms. The van der Waals surface area contributed by atoms with E-state index in [0.717, 1.165) is 58.1 Å². The molecule has 2 rings (SSSR count).